The minimum Gasteiger partial charge on any atom is -0.358 e. The fourth-order valence-corrected chi connectivity index (χ4v) is 1.55. The Labute approximate surface area is 85.0 Å². The van der Waals surface area contributed by atoms with Crippen LogP contribution in [0, 0.1) is 0 Å². The molecule has 0 amide bonds. The molecule has 13 heavy (non-hydrogen) atoms. The highest BCUT2D eigenvalue weighted by Gasteiger charge is 2.19. The maximum atomic E-state index is 10.5. The van der Waals surface area contributed by atoms with Crippen molar-refractivity contribution in [1.29, 1.82) is 0 Å². The fraction of sp³-hybridized carbons (Fsp3) is 0.125. The first-order valence-corrected chi connectivity index (χ1v) is 4.43. The van der Waals surface area contributed by atoms with E-state index in [0.29, 0.717) is 10.0 Å². The van der Waals surface area contributed by atoms with Gasteiger partial charge in [0.2, 0.25) is 0 Å². The summed E-state index contributed by atoms with van der Waals surface area (Å²) in [6, 6.07) is 3.38. The molecule has 2 rings (SSSR count). The second-order valence-electron chi connectivity index (χ2n) is 2.71. The first kappa shape index (κ1) is 8.66. The topological polar surface area (TPSA) is 41.1 Å². The predicted molar refractivity (Wildman–Crippen MR) is 53.6 cm³/mol. The summed E-state index contributed by atoms with van der Waals surface area (Å²) in [6.45, 7) is 0. The number of aldehydes is 1. The van der Waals surface area contributed by atoms with Crippen molar-refractivity contribution in [3.05, 3.63) is 22.2 Å². The monoisotopic (exact) mass is 216 g/mol. The van der Waals surface area contributed by atoms with Gasteiger partial charge in [0.15, 0.2) is 12.5 Å². The number of benzene rings is 1. The number of carbonyl (C=O) groups is 1. The van der Waals surface area contributed by atoms with E-state index in [2.05, 4.69) is 10.6 Å². The van der Waals surface area contributed by atoms with Crippen molar-refractivity contribution in [2.75, 3.05) is 10.6 Å². The van der Waals surface area contributed by atoms with Crippen molar-refractivity contribution >= 4 is 40.9 Å². The molecule has 1 aromatic rings. The summed E-state index contributed by atoms with van der Waals surface area (Å²) >= 11 is 11.6. The largest absolute Gasteiger partial charge is 0.358 e. The van der Waals surface area contributed by atoms with E-state index in [9.17, 15) is 4.79 Å². The van der Waals surface area contributed by atoms with Crippen LogP contribution in [-0.2, 0) is 4.79 Å². The third kappa shape index (κ3) is 1.45. The normalized spacial score (nSPS) is 14.6. The van der Waals surface area contributed by atoms with Crippen LogP contribution < -0.4 is 10.6 Å². The van der Waals surface area contributed by atoms with Gasteiger partial charge in [-0.15, -0.1) is 0 Å². The van der Waals surface area contributed by atoms with E-state index in [1.54, 1.807) is 12.1 Å². The zero-order chi connectivity index (χ0) is 9.42. The van der Waals surface area contributed by atoms with Crippen molar-refractivity contribution in [2.24, 2.45) is 0 Å². The van der Waals surface area contributed by atoms with E-state index in [4.69, 9.17) is 23.2 Å². The Hall–Kier alpha value is -0.930. The van der Waals surface area contributed by atoms with Gasteiger partial charge in [0, 0.05) is 0 Å². The van der Waals surface area contributed by atoms with Crippen molar-refractivity contribution < 1.29 is 4.79 Å². The first-order chi connectivity index (χ1) is 6.20. The van der Waals surface area contributed by atoms with E-state index >= 15 is 0 Å². The van der Waals surface area contributed by atoms with Crippen LogP contribution in [0.5, 0.6) is 0 Å². The molecule has 0 spiro atoms. The summed E-state index contributed by atoms with van der Waals surface area (Å²) < 4.78 is 0. The molecule has 0 aliphatic carbocycles. The second kappa shape index (κ2) is 3.09. The highest BCUT2D eigenvalue weighted by Crippen LogP contribution is 2.35. The number of hydrogen-bond donors (Lipinski definition) is 2. The summed E-state index contributed by atoms with van der Waals surface area (Å²) in [5.41, 5.74) is 1.60. The van der Waals surface area contributed by atoms with Crippen LogP contribution in [-0.4, -0.2) is 12.5 Å². The lowest BCUT2D eigenvalue weighted by Crippen LogP contribution is -2.22. The van der Waals surface area contributed by atoms with Gasteiger partial charge < -0.3 is 10.6 Å². The van der Waals surface area contributed by atoms with Gasteiger partial charge >= 0.3 is 0 Å². The molecule has 68 valence electrons. The highest BCUT2D eigenvalue weighted by molar-refractivity contribution is 6.42. The molecule has 3 nitrogen and oxygen atoms in total. The molecule has 0 atom stereocenters. The van der Waals surface area contributed by atoms with Crippen molar-refractivity contribution in [2.45, 2.75) is 6.17 Å². The number of carbonyl (C=O) groups excluding carboxylic acids is 1. The zero-order valence-corrected chi connectivity index (χ0v) is 7.99. The Morgan fingerprint density at radius 1 is 1.15 bits per heavy atom. The van der Waals surface area contributed by atoms with Gasteiger partial charge in [-0.1, -0.05) is 23.2 Å². The van der Waals surface area contributed by atoms with E-state index < -0.39 is 0 Å². The Morgan fingerprint density at radius 3 is 2.00 bits per heavy atom. The summed E-state index contributed by atoms with van der Waals surface area (Å²) in [5, 5.41) is 6.81. The van der Waals surface area contributed by atoms with E-state index in [-0.39, 0.29) is 6.17 Å². The minimum atomic E-state index is -0.385. The van der Waals surface area contributed by atoms with Crippen LogP contribution in [0.25, 0.3) is 0 Å². The van der Waals surface area contributed by atoms with Crippen molar-refractivity contribution in [3.63, 3.8) is 0 Å². The summed E-state index contributed by atoms with van der Waals surface area (Å²) in [4.78, 5) is 10.5. The first-order valence-electron chi connectivity index (χ1n) is 3.68. The molecule has 1 heterocycles. The minimum absolute atomic E-state index is 0.385. The SMILES string of the molecule is O=CC1Nc2cc(Cl)c(Cl)cc2N1. The van der Waals surface area contributed by atoms with Crippen molar-refractivity contribution in [3.8, 4) is 0 Å². The number of fused-ring (bicyclic) bond motifs is 1. The second-order valence-corrected chi connectivity index (χ2v) is 3.53. The van der Waals surface area contributed by atoms with Crippen LogP contribution in [0.15, 0.2) is 12.1 Å². The third-order valence-electron chi connectivity index (χ3n) is 1.82. The molecule has 0 fully saturated rings. The lowest BCUT2D eigenvalue weighted by molar-refractivity contribution is -0.107. The molecule has 1 aliphatic rings. The van der Waals surface area contributed by atoms with Crippen LogP contribution in [0.1, 0.15) is 0 Å². The number of anilines is 2. The molecule has 0 saturated carbocycles. The molecular weight excluding hydrogens is 211 g/mol. The fourth-order valence-electron chi connectivity index (χ4n) is 1.22. The van der Waals surface area contributed by atoms with Crippen LogP contribution in [0.3, 0.4) is 0 Å². The van der Waals surface area contributed by atoms with Gasteiger partial charge in [-0.25, -0.2) is 0 Å². The highest BCUT2D eigenvalue weighted by atomic mass is 35.5. The average molecular weight is 217 g/mol. The quantitative estimate of drug-likeness (QED) is 0.709. The predicted octanol–water partition coefficient (Wildman–Crippen LogP) is 2.36. The van der Waals surface area contributed by atoms with Gasteiger partial charge in [0.05, 0.1) is 21.4 Å². The number of halogens is 2. The van der Waals surface area contributed by atoms with Gasteiger partial charge in [-0.2, -0.15) is 0 Å². The molecule has 2 N–H and O–H groups in total. The Bertz CT molecular complexity index is 336. The summed E-state index contributed by atoms with van der Waals surface area (Å²) in [5.74, 6) is 0. The lowest BCUT2D eigenvalue weighted by Gasteiger charge is -2.00. The maximum Gasteiger partial charge on any atom is 0.162 e. The molecule has 0 radical (unpaired) electrons. The van der Waals surface area contributed by atoms with E-state index in [1.807, 2.05) is 0 Å². The van der Waals surface area contributed by atoms with Gasteiger partial charge in [0.25, 0.3) is 0 Å². The van der Waals surface area contributed by atoms with Crippen LogP contribution in [0.2, 0.25) is 10.0 Å². The maximum absolute atomic E-state index is 10.5. The van der Waals surface area contributed by atoms with Crippen molar-refractivity contribution in [1.82, 2.24) is 0 Å². The molecule has 0 unspecified atom stereocenters. The zero-order valence-electron chi connectivity index (χ0n) is 6.47. The Balaban J connectivity index is 2.41. The molecule has 0 saturated heterocycles. The Morgan fingerprint density at radius 2 is 1.62 bits per heavy atom. The standard InChI is InChI=1S/C8H6Cl2N2O/c9-4-1-6-7(2-5(4)10)12-8(3-13)11-6/h1-3,8,11-12H. The molecule has 5 heteroatoms. The van der Waals surface area contributed by atoms with E-state index in [0.717, 1.165) is 17.7 Å². The van der Waals surface area contributed by atoms with Crippen LogP contribution in [0.4, 0.5) is 11.4 Å². The molecule has 0 aromatic heterocycles. The average Bonchev–Trinajstić information content (AvgIpc) is 2.48. The van der Waals surface area contributed by atoms with Crippen LogP contribution >= 0.6 is 23.2 Å². The smallest absolute Gasteiger partial charge is 0.162 e. The number of nitrogens with one attached hydrogen (secondary N) is 2. The molecule has 0 bridgehead atoms. The summed E-state index contributed by atoms with van der Waals surface area (Å²) in [7, 11) is 0. The molecule has 1 aliphatic heterocycles. The number of rotatable bonds is 1. The lowest BCUT2D eigenvalue weighted by atomic mass is 10.3. The third-order valence-corrected chi connectivity index (χ3v) is 2.54. The molecule has 1 aromatic carbocycles. The van der Waals surface area contributed by atoms with Gasteiger partial charge in [0.1, 0.15) is 0 Å². The Kier molecular flexibility index (Phi) is 2.06. The van der Waals surface area contributed by atoms with Gasteiger partial charge in [-0.3, -0.25) is 4.79 Å². The number of hydrogen-bond acceptors (Lipinski definition) is 3. The van der Waals surface area contributed by atoms with E-state index in [1.165, 1.54) is 0 Å². The van der Waals surface area contributed by atoms with Gasteiger partial charge in [-0.05, 0) is 12.1 Å². The summed E-state index contributed by atoms with van der Waals surface area (Å²) in [6.07, 6.45) is 0.395. The molecular formula is C8H6Cl2N2O.